The summed E-state index contributed by atoms with van der Waals surface area (Å²) in [5.41, 5.74) is 3.02. The van der Waals surface area contributed by atoms with E-state index < -0.39 is 5.69 Å². The number of anilines is 1. The van der Waals surface area contributed by atoms with Gasteiger partial charge in [0.25, 0.3) is 5.56 Å². The van der Waals surface area contributed by atoms with Gasteiger partial charge in [-0.1, -0.05) is 0 Å². The SMILES string of the molecule is Cc1cc(Oc2ncccc2N2CCC2)ccc1-c1c(C)c(=O)[nH]c(=O)n1C. The van der Waals surface area contributed by atoms with Crippen LogP contribution in [-0.2, 0) is 7.05 Å². The van der Waals surface area contributed by atoms with Crippen LogP contribution in [0.2, 0.25) is 0 Å². The van der Waals surface area contributed by atoms with Gasteiger partial charge >= 0.3 is 5.69 Å². The molecule has 3 heterocycles. The molecule has 0 saturated carbocycles. The maximum absolute atomic E-state index is 12.0. The first-order chi connectivity index (χ1) is 13.5. The largest absolute Gasteiger partial charge is 0.437 e. The lowest BCUT2D eigenvalue weighted by atomic mass is 10.0. The van der Waals surface area contributed by atoms with E-state index in [-0.39, 0.29) is 5.56 Å². The highest BCUT2D eigenvalue weighted by atomic mass is 16.5. The Kier molecular flexibility index (Phi) is 4.50. The molecule has 0 unspecified atom stereocenters. The molecule has 0 spiro atoms. The molecule has 2 aromatic heterocycles. The zero-order valence-electron chi connectivity index (χ0n) is 16.2. The molecule has 1 saturated heterocycles. The number of ether oxygens (including phenoxy) is 1. The van der Waals surface area contributed by atoms with Crippen molar-refractivity contribution in [3.8, 4) is 22.9 Å². The first kappa shape index (κ1) is 18.0. The second kappa shape index (κ2) is 6.99. The third-order valence-corrected chi connectivity index (χ3v) is 5.17. The standard InChI is InChI=1S/C21H22N4O3/c1-13-12-15(28-20-17(6-4-9-22-20)25-10-5-11-25)7-8-16(13)18-14(2)19(26)23-21(27)24(18)3/h4,6-9,12H,5,10-11H2,1-3H3,(H,23,26,27). The van der Waals surface area contributed by atoms with Gasteiger partial charge in [-0.2, -0.15) is 0 Å². The topological polar surface area (TPSA) is 80.2 Å². The van der Waals surface area contributed by atoms with E-state index in [1.54, 1.807) is 20.2 Å². The number of H-pyrrole nitrogens is 1. The van der Waals surface area contributed by atoms with Gasteiger partial charge in [-0.25, -0.2) is 9.78 Å². The smallest absolute Gasteiger partial charge is 0.328 e. The molecule has 1 aliphatic heterocycles. The summed E-state index contributed by atoms with van der Waals surface area (Å²) in [7, 11) is 1.65. The van der Waals surface area contributed by atoms with Crippen LogP contribution in [-0.4, -0.2) is 27.6 Å². The molecule has 4 rings (SSSR count). The van der Waals surface area contributed by atoms with Crippen LogP contribution in [0.5, 0.6) is 11.6 Å². The van der Waals surface area contributed by atoms with Crippen LogP contribution < -0.4 is 20.9 Å². The molecule has 3 aromatic rings. The average molecular weight is 378 g/mol. The second-order valence-electron chi connectivity index (χ2n) is 7.04. The van der Waals surface area contributed by atoms with E-state index >= 15 is 0 Å². The highest BCUT2D eigenvalue weighted by Crippen LogP contribution is 2.34. The van der Waals surface area contributed by atoms with E-state index in [0.717, 1.165) is 29.9 Å². The normalized spacial score (nSPS) is 13.3. The molecule has 1 aromatic carbocycles. The number of benzene rings is 1. The Labute approximate surface area is 162 Å². The number of nitrogens with one attached hydrogen (secondary N) is 1. The van der Waals surface area contributed by atoms with Crippen LogP contribution in [0.15, 0.2) is 46.1 Å². The van der Waals surface area contributed by atoms with E-state index in [4.69, 9.17) is 4.74 Å². The van der Waals surface area contributed by atoms with Crippen molar-refractivity contribution < 1.29 is 4.74 Å². The van der Waals surface area contributed by atoms with E-state index in [2.05, 4.69) is 14.9 Å². The fourth-order valence-electron chi connectivity index (χ4n) is 3.45. The number of hydrogen-bond acceptors (Lipinski definition) is 5. The van der Waals surface area contributed by atoms with Crippen LogP contribution in [0, 0.1) is 13.8 Å². The van der Waals surface area contributed by atoms with E-state index in [0.29, 0.717) is 22.9 Å². The highest BCUT2D eigenvalue weighted by molar-refractivity contribution is 5.68. The maximum Gasteiger partial charge on any atom is 0.328 e. The molecule has 28 heavy (non-hydrogen) atoms. The number of pyridine rings is 1. The summed E-state index contributed by atoms with van der Waals surface area (Å²) in [4.78, 5) is 33.0. The molecule has 0 radical (unpaired) electrons. The summed E-state index contributed by atoms with van der Waals surface area (Å²) < 4.78 is 7.52. The van der Waals surface area contributed by atoms with Gasteiger partial charge in [-0.15, -0.1) is 0 Å². The number of rotatable bonds is 4. The highest BCUT2D eigenvalue weighted by Gasteiger charge is 2.20. The minimum Gasteiger partial charge on any atom is -0.437 e. The summed E-state index contributed by atoms with van der Waals surface area (Å²) >= 11 is 0. The van der Waals surface area contributed by atoms with Crippen molar-refractivity contribution in [2.45, 2.75) is 20.3 Å². The Morgan fingerprint density at radius 2 is 1.93 bits per heavy atom. The summed E-state index contributed by atoms with van der Waals surface area (Å²) in [5.74, 6) is 1.24. The molecular formula is C21H22N4O3. The molecule has 144 valence electrons. The minimum absolute atomic E-state index is 0.370. The van der Waals surface area contributed by atoms with Gasteiger partial charge in [0, 0.05) is 37.5 Å². The van der Waals surface area contributed by atoms with Gasteiger partial charge in [0.2, 0.25) is 5.88 Å². The fraction of sp³-hybridized carbons (Fsp3) is 0.286. The lowest BCUT2D eigenvalue weighted by molar-refractivity contribution is 0.457. The predicted molar refractivity (Wildman–Crippen MR) is 108 cm³/mol. The van der Waals surface area contributed by atoms with E-state index in [1.807, 2.05) is 37.3 Å². The van der Waals surface area contributed by atoms with Crippen molar-refractivity contribution in [1.82, 2.24) is 14.5 Å². The zero-order chi connectivity index (χ0) is 19.8. The van der Waals surface area contributed by atoms with Crippen molar-refractivity contribution in [2.24, 2.45) is 7.05 Å². The van der Waals surface area contributed by atoms with Crippen LogP contribution in [0.4, 0.5) is 5.69 Å². The van der Waals surface area contributed by atoms with Crippen LogP contribution in [0.25, 0.3) is 11.3 Å². The molecule has 7 heteroatoms. The number of aromatic amines is 1. The van der Waals surface area contributed by atoms with Gasteiger partial charge in [0.05, 0.1) is 5.69 Å². The Balaban J connectivity index is 1.71. The van der Waals surface area contributed by atoms with E-state index in [1.165, 1.54) is 11.0 Å². The molecule has 1 N–H and O–H groups in total. The lowest BCUT2D eigenvalue weighted by Gasteiger charge is -2.33. The fourth-order valence-corrected chi connectivity index (χ4v) is 3.45. The molecule has 0 aliphatic carbocycles. The molecular weight excluding hydrogens is 356 g/mol. The Hall–Kier alpha value is -3.35. The molecule has 0 amide bonds. The number of aryl methyl sites for hydroxylation is 1. The maximum atomic E-state index is 12.0. The van der Waals surface area contributed by atoms with Crippen LogP contribution in [0.3, 0.4) is 0 Å². The Morgan fingerprint density at radius 1 is 1.14 bits per heavy atom. The van der Waals surface area contributed by atoms with Gasteiger partial charge < -0.3 is 9.64 Å². The first-order valence-electron chi connectivity index (χ1n) is 9.24. The van der Waals surface area contributed by atoms with Gasteiger partial charge in [-0.05, 0) is 56.2 Å². The lowest BCUT2D eigenvalue weighted by Crippen LogP contribution is -2.37. The summed E-state index contributed by atoms with van der Waals surface area (Å²) in [5, 5.41) is 0. The number of aromatic nitrogens is 3. The van der Waals surface area contributed by atoms with Gasteiger partial charge in [0.1, 0.15) is 11.4 Å². The molecule has 0 bridgehead atoms. The zero-order valence-corrected chi connectivity index (χ0v) is 16.2. The number of nitrogens with zero attached hydrogens (tertiary/aromatic N) is 3. The second-order valence-corrected chi connectivity index (χ2v) is 7.04. The summed E-state index contributed by atoms with van der Waals surface area (Å²) in [6.07, 6.45) is 2.89. The third-order valence-electron chi connectivity index (χ3n) is 5.17. The third kappa shape index (κ3) is 3.09. The quantitative estimate of drug-likeness (QED) is 0.755. The van der Waals surface area contributed by atoms with E-state index in [9.17, 15) is 9.59 Å². The van der Waals surface area contributed by atoms with Crippen molar-refractivity contribution in [2.75, 3.05) is 18.0 Å². The van der Waals surface area contributed by atoms with Gasteiger partial charge in [-0.3, -0.25) is 14.3 Å². The minimum atomic E-state index is -0.432. The summed E-state index contributed by atoms with van der Waals surface area (Å²) in [6.45, 7) is 5.67. The van der Waals surface area contributed by atoms with Crippen molar-refractivity contribution in [3.05, 3.63) is 68.5 Å². The molecule has 0 atom stereocenters. The average Bonchev–Trinajstić information content (AvgIpc) is 2.62. The van der Waals surface area contributed by atoms with Gasteiger partial charge in [0.15, 0.2) is 0 Å². The molecule has 1 fully saturated rings. The summed E-state index contributed by atoms with van der Waals surface area (Å²) in [6, 6.07) is 9.53. The number of hydrogen-bond donors (Lipinski definition) is 1. The van der Waals surface area contributed by atoms with Crippen molar-refractivity contribution in [1.29, 1.82) is 0 Å². The van der Waals surface area contributed by atoms with Crippen LogP contribution >= 0.6 is 0 Å². The monoisotopic (exact) mass is 378 g/mol. The predicted octanol–water partition coefficient (Wildman–Crippen LogP) is 2.75. The first-order valence-corrected chi connectivity index (χ1v) is 9.24. The van der Waals surface area contributed by atoms with Crippen LogP contribution in [0.1, 0.15) is 17.5 Å². The molecule has 7 nitrogen and oxygen atoms in total. The van der Waals surface area contributed by atoms with Crippen molar-refractivity contribution in [3.63, 3.8) is 0 Å². The van der Waals surface area contributed by atoms with Crippen molar-refractivity contribution >= 4 is 5.69 Å². The molecule has 1 aliphatic rings. The Morgan fingerprint density at radius 3 is 2.61 bits per heavy atom. The Bertz CT molecular complexity index is 1120.